The molecule has 3 heterocycles. The van der Waals surface area contributed by atoms with E-state index in [9.17, 15) is 9.59 Å². The Kier molecular flexibility index (Phi) is 4.75. The molecule has 0 aliphatic carbocycles. The fourth-order valence-corrected chi connectivity index (χ4v) is 4.02. The number of pyridine rings is 1. The first-order valence-corrected chi connectivity index (χ1v) is 8.67. The minimum absolute atomic E-state index is 0.0187. The van der Waals surface area contributed by atoms with E-state index in [1.54, 1.807) is 17.4 Å². The molecule has 1 amide bonds. The highest BCUT2D eigenvalue weighted by atomic mass is 79.9. The minimum atomic E-state index is -0.191. The lowest BCUT2D eigenvalue weighted by molar-refractivity contribution is 0.0629. The summed E-state index contributed by atoms with van der Waals surface area (Å²) < 4.78 is 1.15. The number of aromatic nitrogens is 1. The number of amides is 1. The van der Waals surface area contributed by atoms with Crippen molar-refractivity contribution < 1.29 is 4.79 Å². The van der Waals surface area contributed by atoms with Crippen molar-refractivity contribution in [3.05, 3.63) is 55.0 Å². The normalized spacial score (nSPS) is 16.0. The van der Waals surface area contributed by atoms with Gasteiger partial charge >= 0.3 is 0 Å². The Bertz CT molecular complexity index is 699. The summed E-state index contributed by atoms with van der Waals surface area (Å²) in [6, 6.07) is 7.16. The van der Waals surface area contributed by atoms with Gasteiger partial charge in [0.1, 0.15) is 0 Å². The van der Waals surface area contributed by atoms with Gasteiger partial charge in [-0.15, -0.1) is 11.3 Å². The molecule has 1 N–H and O–H groups in total. The molecule has 1 saturated heterocycles. The summed E-state index contributed by atoms with van der Waals surface area (Å²) in [7, 11) is 0. The number of carbonyl (C=O) groups excluding carboxylic acids is 1. The molecule has 0 bridgehead atoms. The third kappa shape index (κ3) is 3.66. The maximum Gasteiger partial charge on any atom is 0.255 e. The van der Waals surface area contributed by atoms with Crippen molar-refractivity contribution in [3.63, 3.8) is 0 Å². The van der Waals surface area contributed by atoms with Crippen LogP contribution in [0, 0.1) is 0 Å². The maximum atomic E-state index is 12.4. The summed E-state index contributed by atoms with van der Waals surface area (Å²) in [6.07, 6.45) is 1.49. The van der Waals surface area contributed by atoms with Crippen molar-refractivity contribution in [2.75, 3.05) is 26.2 Å². The maximum absolute atomic E-state index is 12.4. The van der Waals surface area contributed by atoms with E-state index in [2.05, 4.69) is 37.9 Å². The van der Waals surface area contributed by atoms with Crippen LogP contribution in [-0.4, -0.2) is 46.9 Å². The predicted octanol–water partition coefficient (Wildman–Crippen LogP) is 2.16. The van der Waals surface area contributed by atoms with Gasteiger partial charge in [-0.25, -0.2) is 0 Å². The number of rotatable bonds is 3. The standard InChI is InChI=1S/C15H16BrN3O2S/c16-13-3-2-12(22-13)10-18-5-7-19(8-6-18)15(21)11-1-4-14(20)17-9-11/h1-4,9H,5-8,10H2,(H,17,20). The number of nitrogens with zero attached hydrogens (tertiary/aromatic N) is 2. The van der Waals surface area contributed by atoms with Crippen molar-refractivity contribution in [1.82, 2.24) is 14.8 Å². The highest BCUT2D eigenvalue weighted by Crippen LogP contribution is 2.23. The molecule has 1 fully saturated rings. The number of carbonyl (C=O) groups is 1. The minimum Gasteiger partial charge on any atom is -0.336 e. The number of hydrogen-bond acceptors (Lipinski definition) is 4. The van der Waals surface area contributed by atoms with Crippen LogP contribution in [-0.2, 0) is 6.54 Å². The number of thiophene rings is 1. The van der Waals surface area contributed by atoms with Gasteiger partial charge < -0.3 is 9.88 Å². The van der Waals surface area contributed by atoms with Crippen molar-refractivity contribution in [2.24, 2.45) is 0 Å². The number of aromatic amines is 1. The van der Waals surface area contributed by atoms with Gasteiger partial charge in [0.2, 0.25) is 5.56 Å². The summed E-state index contributed by atoms with van der Waals surface area (Å²) >= 11 is 5.23. The fourth-order valence-electron chi connectivity index (χ4n) is 2.49. The largest absolute Gasteiger partial charge is 0.336 e. The van der Waals surface area contributed by atoms with E-state index in [1.165, 1.54) is 17.1 Å². The summed E-state index contributed by atoms with van der Waals surface area (Å²) in [6.45, 7) is 4.08. The van der Waals surface area contributed by atoms with Gasteiger partial charge in [-0.05, 0) is 34.1 Å². The van der Waals surface area contributed by atoms with Crippen LogP contribution in [0.1, 0.15) is 15.2 Å². The highest BCUT2D eigenvalue weighted by molar-refractivity contribution is 9.11. The topological polar surface area (TPSA) is 56.4 Å². The van der Waals surface area contributed by atoms with E-state index in [4.69, 9.17) is 0 Å². The lowest BCUT2D eigenvalue weighted by Gasteiger charge is -2.34. The molecule has 1 aliphatic heterocycles. The summed E-state index contributed by atoms with van der Waals surface area (Å²) in [4.78, 5) is 31.5. The van der Waals surface area contributed by atoms with Crippen molar-refractivity contribution in [2.45, 2.75) is 6.54 Å². The number of nitrogens with one attached hydrogen (secondary N) is 1. The van der Waals surface area contributed by atoms with Crippen LogP contribution >= 0.6 is 27.3 Å². The van der Waals surface area contributed by atoms with Crippen LogP contribution in [0.3, 0.4) is 0 Å². The molecule has 0 aromatic carbocycles. The molecule has 0 spiro atoms. The number of hydrogen-bond donors (Lipinski definition) is 1. The van der Waals surface area contributed by atoms with Crippen LogP contribution in [0.25, 0.3) is 0 Å². The third-order valence-corrected chi connectivity index (χ3v) is 5.31. The fraction of sp³-hybridized carbons (Fsp3) is 0.333. The lowest BCUT2D eigenvalue weighted by Crippen LogP contribution is -2.48. The predicted molar refractivity (Wildman–Crippen MR) is 90.3 cm³/mol. The van der Waals surface area contributed by atoms with Crippen LogP contribution < -0.4 is 5.56 Å². The Morgan fingerprint density at radius 3 is 2.55 bits per heavy atom. The van der Waals surface area contributed by atoms with E-state index in [0.29, 0.717) is 18.7 Å². The summed E-state index contributed by atoms with van der Waals surface area (Å²) in [5.41, 5.74) is 0.346. The molecule has 1 aliphatic rings. The molecule has 3 rings (SSSR count). The first-order valence-electron chi connectivity index (χ1n) is 7.06. The highest BCUT2D eigenvalue weighted by Gasteiger charge is 2.22. The van der Waals surface area contributed by atoms with E-state index in [-0.39, 0.29) is 11.5 Å². The van der Waals surface area contributed by atoms with E-state index in [0.717, 1.165) is 23.4 Å². The van der Waals surface area contributed by atoms with E-state index in [1.807, 2.05) is 4.90 Å². The van der Waals surface area contributed by atoms with E-state index < -0.39 is 0 Å². The first-order chi connectivity index (χ1) is 10.6. The Morgan fingerprint density at radius 2 is 1.95 bits per heavy atom. The Balaban J connectivity index is 1.56. The molecule has 0 radical (unpaired) electrons. The van der Waals surface area contributed by atoms with Crippen molar-refractivity contribution >= 4 is 33.2 Å². The van der Waals surface area contributed by atoms with Gasteiger partial charge in [-0.2, -0.15) is 0 Å². The smallest absolute Gasteiger partial charge is 0.255 e. The molecule has 2 aromatic rings. The average molecular weight is 382 g/mol. The van der Waals surface area contributed by atoms with Crippen molar-refractivity contribution in [3.8, 4) is 0 Å². The molecule has 2 aromatic heterocycles. The monoisotopic (exact) mass is 381 g/mol. The average Bonchev–Trinajstić information content (AvgIpc) is 2.93. The number of halogens is 1. The SMILES string of the molecule is O=C(c1ccc(=O)[nH]c1)N1CCN(Cc2ccc(Br)s2)CC1. The van der Waals surface area contributed by atoms with Gasteiger partial charge in [-0.1, -0.05) is 0 Å². The molecule has 0 unspecified atom stereocenters. The van der Waals surface area contributed by atoms with Crippen molar-refractivity contribution in [1.29, 1.82) is 0 Å². The number of H-pyrrole nitrogens is 1. The van der Waals surface area contributed by atoms with Gasteiger partial charge in [0, 0.05) is 49.9 Å². The van der Waals surface area contributed by atoms with Gasteiger partial charge in [0.25, 0.3) is 5.91 Å². The number of piperazine rings is 1. The molecular formula is C15H16BrN3O2S. The van der Waals surface area contributed by atoms with Crippen LogP contribution in [0.5, 0.6) is 0 Å². The van der Waals surface area contributed by atoms with Crippen LogP contribution in [0.15, 0.2) is 39.0 Å². The van der Waals surface area contributed by atoms with E-state index >= 15 is 0 Å². The zero-order valence-electron chi connectivity index (χ0n) is 11.9. The second-order valence-corrected chi connectivity index (χ2v) is 7.76. The summed E-state index contributed by atoms with van der Waals surface area (Å²) in [5, 5.41) is 0. The zero-order chi connectivity index (χ0) is 15.5. The molecule has 5 nitrogen and oxygen atoms in total. The van der Waals surface area contributed by atoms with Gasteiger partial charge in [-0.3, -0.25) is 14.5 Å². The Hall–Kier alpha value is -1.44. The Labute approximate surface area is 140 Å². The van der Waals surface area contributed by atoms with Crippen LogP contribution in [0.4, 0.5) is 0 Å². The zero-order valence-corrected chi connectivity index (χ0v) is 14.3. The molecule has 7 heteroatoms. The molecule has 116 valence electrons. The second-order valence-electron chi connectivity index (χ2n) is 5.22. The molecule has 22 heavy (non-hydrogen) atoms. The molecular weight excluding hydrogens is 366 g/mol. The third-order valence-electron chi connectivity index (χ3n) is 3.70. The molecule has 0 saturated carbocycles. The van der Waals surface area contributed by atoms with Gasteiger partial charge in [0.15, 0.2) is 0 Å². The molecule has 0 atom stereocenters. The first kappa shape index (κ1) is 15.5. The second kappa shape index (κ2) is 6.76. The van der Waals surface area contributed by atoms with Crippen LogP contribution in [0.2, 0.25) is 0 Å². The summed E-state index contributed by atoms with van der Waals surface area (Å²) in [5.74, 6) is -0.0187. The lowest BCUT2D eigenvalue weighted by atomic mass is 10.2. The quantitative estimate of drug-likeness (QED) is 0.885. The van der Waals surface area contributed by atoms with Gasteiger partial charge in [0.05, 0.1) is 9.35 Å². The Morgan fingerprint density at radius 1 is 1.18 bits per heavy atom.